The summed E-state index contributed by atoms with van der Waals surface area (Å²) in [6.45, 7) is 10.3. The summed E-state index contributed by atoms with van der Waals surface area (Å²) in [5.41, 5.74) is 11.3. The molecule has 1 heterocycles. The molecule has 0 fully saturated rings. The van der Waals surface area contributed by atoms with E-state index in [1.165, 1.54) is 0 Å². The first-order chi connectivity index (χ1) is 17.6. The number of hydrogen-bond donors (Lipinski definition) is 2. The molecule has 4 aromatic rings. The molecule has 0 aliphatic carbocycles. The lowest BCUT2D eigenvalue weighted by atomic mass is 9.97. The maximum absolute atomic E-state index is 5.09. The Morgan fingerprint density at radius 1 is 0.667 bits per heavy atom. The van der Waals surface area contributed by atoms with Crippen LogP contribution in [0.3, 0.4) is 0 Å². The highest BCUT2D eigenvalue weighted by Gasteiger charge is 2.23. The van der Waals surface area contributed by atoms with E-state index in [1.54, 1.807) is 0 Å². The summed E-state index contributed by atoms with van der Waals surface area (Å²) >= 11 is 0. The van der Waals surface area contributed by atoms with E-state index in [0.717, 1.165) is 68.4 Å². The molecule has 4 aromatic carbocycles. The molecule has 176 valence electrons. The third-order valence-corrected chi connectivity index (χ3v) is 6.16. The first kappa shape index (κ1) is 23.1. The van der Waals surface area contributed by atoms with Gasteiger partial charge in [0.05, 0.1) is 17.1 Å². The summed E-state index contributed by atoms with van der Waals surface area (Å²) in [5.74, 6) is 0. The number of nitrogens with zero attached hydrogens (tertiary/aromatic N) is 1. The van der Waals surface area contributed by atoms with Gasteiger partial charge in [-0.05, 0) is 47.4 Å². The Bertz CT molecular complexity index is 1460. The van der Waals surface area contributed by atoms with E-state index in [0.29, 0.717) is 0 Å². The number of rotatable bonds is 8. The van der Waals surface area contributed by atoms with Crippen molar-refractivity contribution in [3.8, 4) is 11.1 Å². The van der Waals surface area contributed by atoms with Crippen molar-refractivity contribution in [3.05, 3.63) is 151 Å². The predicted octanol–water partition coefficient (Wildman–Crippen LogP) is 8.53. The summed E-state index contributed by atoms with van der Waals surface area (Å²) in [6.07, 6.45) is 0.744. The van der Waals surface area contributed by atoms with Crippen LogP contribution >= 0.6 is 0 Å². The van der Waals surface area contributed by atoms with Gasteiger partial charge in [0.1, 0.15) is 0 Å². The van der Waals surface area contributed by atoms with Gasteiger partial charge in [-0.15, -0.1) is 0 Å². The summed E-state index contributed by atoms with van der Waals surface area (Å²) in [4.78, 5) is 5.09. The topological polar surface area (TPSA) is 36.4 Å². The molecule has 0 saturated heterocycles. The number of para-hydroxylation sites is 1. The standard InChI is InChI=1S/C33H29N3/c1-23(2)34-28-20-18-26(19-21-28)30-22-32(27-14-8-5-9-15-27)36-33(30)24(3)35-31-17-11-10-16-29(31)25-12-6-4-7-13-25/h4-21,34-35H,1,3,22H2,2H3. The Morgan fingerprint density at radius 3 is 1.94 bits per heavy atom. The molecule has 0 radical (unpaired) electrons. The van der Waals surface area contributed by atoms with Crippen LogP contribution < -0.4 is 10.6 Å². The van der Waals surface area contributed by atoms with Gasteiger partial charge in [0.2, 0.25) is 0 Å². The minimum atomic E-state index is 0.744. The summed E-state index contributed by atoms with van der Waals surface area (Å²) in [7, 11) is 0. The second kappa shape index (κ2) is 10.3. The summed E-state index contributed by atoms with van der Waals surface area (Å²) < 4.78 is 0. The van der Waals surface area contributed by atoms with Crippen molar-refractivity contribution in [2.24, 2.45) is 4.99 Å². The van der Waals surface area contributed by atoms with Gasteiger partial charge in [0.25, 0.3) is 0 Å². The monoisotopic (exact) mass is 467 g/mol. The van der Waals surface area contributed by atoms with E-state index in [2.05, 4.69) is 115 Å². The smallest absolute Gasteiger partial charge is 0.0903 e. The third kappa shape index (κ3) is 5.06. The van der Waals surface area contributed by atoms with Gasteiger partial charge in [-0.2, -0.15) is 0 Å². The molecule has 0 amide bonds. The van der Waals surface area contributed by atoms with Crippen LogP contribution in [0.4, 0.5) is 11.4 Å². The Balaban J connectivity index is 1.51. The second-order valence-corrected chi connectivity index (χ2v) is 8.93. The van der Waals surface area contributed by atoms with Crippen molar-refractivity contribution in [2.75, 3.05) is 10.6 Å². The molecule has 3 nitrogen and oxygen atoms in total. The van der Waals surface area contributed by atoms with Gasteiger partial charge in [-0.1, -0.05) is 104 Å². The number of hydrogen-bond acceptors (Lipinski definition) is 3. The lowest BCUT2D eigenvalue weighted by Crippen LogP contribution is -2.02. The van der Waals surface area contributed by atoms with Gasteiger partial charge >= 0.3 is 0 Å². The molecule has 0 spiro atoms. The van der Waals surface area contributed by atoms with E-state index in [-0.39, 0.29) is 0 Å². The molecule has 0 bridgehead atoms. The van der Waals surface area contributed by atoms with Crippen LogP contribution in [0, 0.1) is 0 Å². The first-order valence-electron chi connectivity index (χ1n) is 12.1. The molecule has 0 atom stereocenters. The van der Waals surface area contributed by atoms with E-state index in [9.17, 15) is 0 Å². The molecule has 0 saturated carbocycles. The van der Waals surface area contributed by atoms with Crippen molar-refractivity contribution in [1.82, 2.24) is 0 Å². The number of anilines is 2. The van der Waals surface area contributed by atoms with E-state index in [4.69, 9.17) is 4.99 Å². The average molecular weight is 468 g/mol. The Kier molecular flexibility index (Phi) is 6.63. The SMILES string of the molecule is C=C(C)Nc1ccc(C2=C(C(=C)Nc3ccccc3-c3ccccc3)N=C(c3ccccc3)C2)cc1. The molecule has 0 aromatic heterocycles. The quantitative estimate of drug-likeness (QED) is 0.272. The van der Waals surface area contributed by atoms with Crippen molar-refractivity contribution >= 4 is 22.7 Å². The first-order valence-corrected chi connectivity index (χ1v) is 12.1. The largest absolute Gasteiger partial charge is 0.360 e. The predicted molar refractivity (Wildman–Crippen MR) is 154 cm³/mol. The highest BCUT2D eigenvalue weighted by molar-refractivity contribution is 6.11. The van der Waals surface area contributed by atoms with Crippen LogP contribution in [0.5, 0.6) is 0 Å². The van der Waals surface area contributed by atoms with Crippen molar-refractivity contribution < 1.29 is 0 Å². The van der Waals surface area contributed by atoms with Crippen LogP contribution in [-0.2, 0) is 0 Å². The minimum absolute atomic E-state index is 0.744. The lowest BCUT2D eigenvalue weighted by molar-refractivity contribution is 1.31. The van der Waals surface area contributed by atoms with E-state index < -0.39 is 0 Å². The molecule has 36 heavy (non-hydrogen) atoms. The molecule has 1 aliphatic rings. The fourth-order valence-electron chi connectivity index (χ4n) is 4.46. The van der Waals surface area contributed by atoms with Crippen LogP contribution in [0.2, 0.25) is 0 Å². The molecule has 2 N–H and O–H groups in total. The van der Waals surface area contributed by atoms with Crippen LogP contribution in [0.25, 0.3) is 16.7 Å². The number of allylic oxidation sites excluding steroid dienone is 2. The highest BCUT2D eigenvalue weighted by Crippen LogP contribution is 2.37. The average Bonchev–Trinajstić information content (AvgIpc) is 3.36. The Hall–Kier alpha value is -4.63. The Morgan fingerprint density at radius 2 is 1.28 bits per heavy atom. The molecule has 3 heteroatoms. The molecule has 5 rings (SSSR count). The minimum Gasteiger partial charge on any atom is -0.360 e. The van der Waals surface area contributed by atoms with E-state index in [1.807, 2.05) is 25.1 Å². The summed E-state index contributed by atoms with van der Waals surface area (Å²) in [6, 6.07) is 37.5. The normalized spacial score (nSPS) is 12.8. The number of benzene rings is 4. The molecule has 1 aliphatic heterocycles. The molecular weight excluding hydrogens is 438 g/mol. The van der Waals surface area contributed by atoms with Crippen LogP contribution in [0.15, 0.2) is 144 Å². The Labute approximate surface area is 213 Å². The zero-order valence-electron chi connectivity index (χ0n) is 20.5. The molecule has 0 unspecified atom stereocenters. The molecular formula is C33H29N3. The van der Waals surface area contributed by atoms with Gasteiger partial charge in [-0.25, -0.2) is 4.99 Å². The fraction of sp³-hybridized carbons (Fsp3) is 0.0606. The van der Waals surface area contributed by atoms with Crippen LogP contribution in [0.1, 0.15) is 24.5 Å². The zero-order chi connectivity index (χ0) is 24.9. The van der Waals surface area contributed by atoms with Crippen molar-refractivity contribution in [3.63, 3.8) is 0 Å². The van der Waals surface area contributed by atoms with Gasteiger partial charge < -0.3 is 10.6 Å². The number of aliphatic imine (C=N–C) groups is 1. The second-order valence-electron chi connectivity index (χ2n) is 8.93. The third-order valence-electron chi connectivity index (χ3n) is 6.16. The van der Waals surface area contributed by atoms with Gasteiger partial charge in [0.15, 0.2) is 0 Å². The zero-order valence-corrected chi connectivity index (χ0v) is 20.5. The fourth-order valence-corrected chi connectivity index (χ4v) is 4.46. The van der Waals surface area contributed by atoms with Crippen LogP contribution in [-0.4, -0.2) is 5.71 Å². The van der Waals surface area contributed by atoms with Crippen molar-refractivity contribution in [2.45, 2.75) is 13.3 Å². The van der Waals surface area contributed by atoms with Gasteiger partial charge in [-0.3, -0.25) is 0 Å². The maximum atomic E-state index is 5.09. The van der Waals surface area contributed by atoms with E-state index >= 15 is 0 Å². The number of nitrogens with one attached hydrogen (secondary N) is 2. The van der Waals surface area contributed by atoms with Crippen molar-refractivity contribution in [1.29, 1.82) is 0 Å². The highest BCUT2D eigenvalue weighted by atomic mass is 15.0. The maximum Gasteiger partial charge on any atom is 0.0903 e. The summed E-state index contributed by atoms with van der Waals surface area (Å²) in [5, 5.41) is 6.85. The lowest BCUT2D eigenvalue weighted by Gasteiger charge is -2.15. The van der Waals surface area contributed by atoms with Gasteiger partial charge in [0, 0.05) is 29.1 Å².